The van der Waals surface area contributed by atoms with Gasteiger partial charge in [0.2, 0.25) is 5.91 Å². The van der Waals surface area contributed by atoms with Crippen molar-refractivity contribution >= 4 is 29.4 Å². The second-order valence-electron chi connectivity index (χ2n) is 11.4. The van der Waals surface area contributed by atoms with Crippen LogP contribution in [0.1, 0.15) is 83.8 Å². The van der Waals surface area contributed by atoms with Gasteiger partial charge in [-0.15, -0.1) is 0 Å². The number of carbonyl (C=O) groups excluding carboxylic acids is 1. The summed E-state index contributed by atoms with van der Waals surface area (Å²) in [6.07, 6.45) is 6.64. The summed E-state index contributed by atoms with van der Waals surface area (Å²) in [5.41, 5.74) is 2.34. The molecule has 39 heavy (non-hydrogen) atoms. The third kappa shape index (κ3) is 16.4. The molecule has 0 fully saturated rings. The lowest BCUT2D eigenvalue weighted by molar-refractivity contribution is -0.121. The number of rotatable bonds is 21. The molecule has 0 saturated heterocycles. The fraction of sp³-hybridized carbons (Fsp3) is 0.606. The van der Waals surface area contributed by atoms with Gasteiger partial charge in [0.25, 0.3) is 0 Å². The fourth-order valence-corrected chi connectivity index (χ4v) is 6.49. The van der Waals surface area contributed by atoms with Crippen LogP contribution in [-0.4, -0.2) is 48.4 Å². The van der Waals surface area contributed by atoms with Gasteiger partial charge < -0.3 is 14.8 Å². The molecule has 0 spiro atoms. The molecule has 1 amide bonds. The summed E-state index contributed by atoms with van der Waals surface area (Å²) >= 11 is 4.09. The Morgan fingerprint density at radius 1 is 0.846 bits per heavy atom. The van der Waals surface area contributed by atoms with E-state index in [1.165, 1.54) is 23.3 Å². The molecule has 0 radical (unpaired) electrons. The van der Waals surface area contributed by atoms with E-state index >= 15 is 0 Å². The van der Waals surface area contributed by atoms with Gasteiger partial charge in [0.1, 0.15) is 0 Å². The Bertz CT molecular complexity index is 906. The molecule has 0 saturated carbocycles. The van der Waals surface area contributed by atoms with Gasteiger partial charge in [-0.25, -0.2) is 0 Å². The first kappa shape index (κ1) is 33.7. The molecular formula is C33H51NO3S2. The number of thioether (sulfide) groups is 2. The molecule has 2 aromatic carbocycles. The van der Waals surface area contributed by atoms with Crippen molar-refractivity contribution in [2.45, 2.75) is 101 Å². The Morgan fingerprint density at radius 2 is 1.49 bits per heavy atom. The smallest absolute Gasteiger partial charge is 0.219 e. The Hall–Kier alpha value is -1.47. The lowest BCUT2D eigenvalue weighted by Gasteiger charge is -2.29. The van der Waals surface area contributed by atoms with Crippen LogP contribution in [0.5, 0.6) is 0 Å². The average Bonchev–Trinajstić information content (AvgIpc) is 2.92. The van der Waals surface area contributed by atoms with Crippen LogP contribution in [0, 0.1) is 0 Å². The lowest BCUT2D eigenvalue weighted by Crippen LogP contribution is -2.34. The molecule has 1 unspecified atom stereocenters. The summed E-state index contributed by atoms with van der Waals surface area (Å²) in [4.78, 5) is 12.4. The van der Waals surface area contributed by atoms with Crippen LogP contribution in [0.25, 0.3) is 0 Å². The van der Waals surface area contributed by atoms with Crippen molar-refractivity contribution in [3.8, 4) is 0 Å². The number of carbonyl (C=O) groups is 1. The van der Waals surface area contributed by atoms with E-state index in [1.54, 1.807) is 7.11 Å². The van der Waals surface area contributed by atoms with Gasteiger partial charge in [-0.1, -0.05) is 67.1 Å². The summed E-state index contributed by atoms with van der Waals surface area (Å²) in [6.45, 7) is 9.61. The second-order valence-corrected chi connectivity index (χ2v) is 13.8. The number of methoxy groups -OCH3 is 1. The Morgan fingerprint density at radius 3 is 2.13 bits per heavy atom. The minimum atomic E-state index is -0.265. The van der Waals surface area contributed by atoms with E-state index in [1.807, 2.05) is 11.8 Å². The number of unbranched alkanes of at least 4 members (excludes halogenated alkanes) is 1. The van der Waals surface area contributed by atoms with Gasteiger partial charge in [0, 0.05) is 36.8 Å². The van der Waals surface area contributed by atoms with Crippen molar-refractivity contribution in [2.75, 3.05) is 26.0 Å². The molecule has 2 rings (SSSR count). The third-order valence-electron chi connectivity index (χ3n) is 7.00. The van der Waals surface area contributed by atoms with Crippen molar-refractivity contribution < 1.29 is 14.3 Å². The van der Waals surface area contributed by atoms with E-state index in [-0.39, 0.29) is 17.1 Å². The van der Waals surface area contributed by atoms with Gasteiger partial charge in [-0.3, -0.25) is 4.79 Å². The van der Waals surface area contributed by atoms with Crippen LogP contribution >= 0.6 is 23.5 Å². The van der Waals surface area contributed by atoms with Crippen molar-refractivity contribution in [1.29, 1.82) is 0 Å². The summed E-state index contributed by atoms with van der Waals surface area (Å²) in [6, 6.07) is 21.5. The highest BCUT2D eigenvalue weighted by molar-refractivity contribution is 7.99. The fourth-order valence-electron chi connectivity index (χ4n) is 4.07. The van der Waals surface area contributed by atoms with E-state index < -0.39 is 0 Å². The SMILES string of the molecule is COC(C)(C)CCOC(C)(C)CCNC(=O)CCCCC(CCSCc1ccccc1)SCc1ccccc1. The van der Waals surface area contributed by atoms with Gasteiger partial charge in [-0.2, -0.15) is 23.5 Å². The number of ether oxygens (including phenoxy) is 2. The van der Waals surface area contributed by atoms with Gasteiger partial charge >= 0.3 is 0 Å². The van der Waals surface area contributed by atoms with Crippen LogP contribution < -0.4 is 5.32 Å². The van der Waals surface area contributed by atoms with E-state index in [0.29, 0.717) is 24.8 Å². The highest BCUT2D eigenvalue weighted by Gasteiger charge is 2.22. The number of hydrogen-bond donors (Lipinski definition) is 1. The van der Waals surface area contributed by atoms with Crippen molar-refractivity contribution in [3.05, 3.63) is 71.8 Å². The molecule has 0 bridgehead atoms. The van der Waals surface area contributed by atoms with E-state index in [2.05, 4.69) is 105 Å². The van der Waals surface area contributed by atoms with Gasteiger partial charge in [0.15, 0.2) is 0 Å². The summed E-state index contributed by atoms with van der Waals surface area (Å²) in [7, 11) is 1.73. The maximum absolute atomic E-state index is 12.4. The molecule has 218 valence electrons. The maximum Gasteiger partial charge on any atom is 0.219 e. The third-order valence-corrected chi connectivity index (χ3v) is 9.51. The molecule has 0 aliphatic carbocycles. The monoisotopic (exact) mass is 573 g/mol. The highest BCUT2D eigenvalue weighted by atomic mass is 32.2. The minimum Gasteiger partial charge on any atom is -0.379 e. The normalized spacial score (nSPS) is 12.8. The first-order valence-electron chi connectivity index (χ1n) is 14.4. The lowest BCUT2D eigenvalue weighted by atomic mass is 10.0. The number of nitrogens with one attached hydrogen (secondary N) is 1. The number of amides is 1. The molecule has 0 heterocycles. The van der Waals surface area contributed by atoms with Crippen LogP contribution in [0.4, 0.5) is 0 Å². The maximum atomic E-state index is 12.4. The molecule has 0 aliphatic rings. The zero-order valence-corrected chi connectivity index (χ0v) is 26.5. The minimum absolute atomic E-state index is 0.151. The van der Waals surface area contributed by atoms with E-state index in [9.17, 15) is 4.79 Å². The molecule has 0 aromatic heterocycles. The van der Waals surface area contributed by atoms with Crippen molar-refractivity contribution in [2.24, 2.45) is 0 Å². The number of hydrogen-bond acceptors (Lipinski definition) is 5. The standard InChI is InChI=1S/C33H51NO3S2/c1-32(2,36-5)22-24-37-33(3,4)21-23-34-31(35)19-13-12-18-30(39-27-29-16-10-7-11-17-29)20-25-38-26-28-14-8-6-9-15-28/h6-11,14-17,30H,12-13,18-27H2,1-5H3,(H,34,35). The zero-order chi connectivity index (χ0) is 28.4. The summed E-state index contributed by atoms with van der Waals surface area (Å²) in [5.74, 6) is 3.45. The van der Waals surface area contributed by atoms with Crippen molar-refractivity contribution in [1.82, 2.24) is 5.32 Å². The van der Waals surface area contributed by atoms with Crippen molar-refractivity contribution in [3.63, 3.8) is 0 Å². The average molecular weight is 574 g/mol. The quantitative estimate of drug-likeness (QED) is 0.152. The Kier molecular flexibility index (Phi) is 16.3. The summed E-state index contributed by atoms with van der Waals surface area (Å²) < 4.78 is 11.5. The number of benzene rings is 2. The molecule has 6 heteroatoms. The first-order chi connectivity index (χ1) is 18.7. The largest absolute Gasteiger partial charge is 0.379 e. The van der Waals surface area contributed by atoms with Crippen LogP contribution in [-0.2, 0) is 25.8 Å². The van der Waals surface area contributed by atoms with Gasteiger partial charge in [0.05, 0.1) is 17.8 Å². The van der Waals surface area contributed by atoms with Gasteiger partial charge in [-0.05, 0) is 76.7 Å². The van der Waals surface area contributed by atoms with E-state index in [4.69, 9.17) is 9.47 Å². The predicted octanol–water partition coefficient (Wildman–Crippen LogP) is 8.29. The molecule has 1 atom stereocenters. The first-order valence-corrected chi connectivity index (χ1v) is 16.6. The Balaban J connectivity index is 1.64. The highest BCUT2D eigenvalue weighted by Crippen LogP contribution is 2.27. The topological polar surface area (TPSA) is 47.6 Å². The summed E-state index contributed by atoms with van der Waals surface area (Å²) in [5, 5.41) is 3.72. The van der Waals surface area contributed by atoms with Crippen LogP contribution in [0.2, 0.25) is 0 Å². The zero-order valence-electron chi connectivity index (χ0n) is 24.9. The molecule has 1 N–H and O–H groups in total. The molecule has 0 aliphatic heterocycles. The van der Waals surface area contributed by atoms with Crippen LogP contribution in [0.3, 0.4) is 0 Å². The predicted molar refractivity (Wildman–Crippen MR) is 171 cm³/mol. The Labute approximate surface area is 246 Å². The molecular weight excluding hydrogens is 523 g/mol. The van der Waals surface area contributed by atoms with E-state index in [0.717, 1.165) is 43.6 Å². The molecule has 4 nitrogen and oxygen atoms in total. The second kappa shape index (κ2) is 18.8. The molecule has 2 aromatic rings. The van der Waals surface area contributed by atoms with Crippen LogP contribution in [0.15, 0.2) is 60.7 Å².